The largest absolute Gasteiger partial charge is 0.357 e. The average molecular weight is 263 g/mol. The number of hydrogen-bond acceptors (Lipinski definition) is 3. The second kappa shape index (κ2) is 7.49. The number of anilines is 1. The third kappa shape index (κ3) is 4.50. The maximum Gasteiger partial charge on any atom is 0.129 e. The van der Waals surface area contributed by atoms with Crippen LogP contribution in [-0.4, -0.2) is 25.1 Å². The van der Waals surface area contributed by atoms with E-state index in [1.807, 2.05) is 7.05 Å². The highest BCUT2D eigenvalue weighted by molar-refractivity contribution is 5.43. The highest BCUT2D eigenvalue weighted by Gasteiger charge is 2.15. The Hall–Kier alpha value is -1.09. The smallest absolute Gasteiger partial charge is 0.129 e. The predicted octanol–water partition coefficient (Wildman–Crippen LogP) is 3.23. The number of aryl methyl sites for hydroxylation is 1. The molecule has 0 radical (unpaired) electrons. The molecule has 0 bridgehead atoms. The zero-order chi connectivity index (χ0) is 14.4. The van der Waals surface area contributed by atoms with Gasteiger partial charge in [0.2, 0.25) is 0 Å². The lowest BCUT2D eigenvalue weighted by Gasteiger charge is -2.29. The Bertz CT molecular complexity index is 363. The van der Waals surface area contributed by atoms with E-state index in [0.717, 1.165) is 25.2 Å². The number of pyridine rings is 1. The van der Waals surface area contributed by atoms with Gasteiger partial charge in [0.15, 0.2) is 0 Å². The normalized spacial score (nSPS) is 12.8. The third-order valence-corrected chi connectivity index (χ3v) is 3.75. The summed E-state index contributed by atoms with van der Waals surface area (Å²) in [6, 6.07) is 4.91. The van der Waals surface area contributed by atoms with E-state index in [-0.39, 0.29) is 0 Å². The number of nitrogens with zero attached hydrogens (tertiary/aromatic N) is 2. The van der Waals surface area contributed by atoms with Gasteiger partial charge in [0, 0.05) is 25.3 Å². The standard InChI is InChI=1S/C16H29N3/c1-7-8-15-9-14(11-17-5)10-16(18-15)19(6)13(4)12(2)3/h9-10,12-13,17H,7-8,11H2,1-6H3. The maximum absolute atomic E-state index is 4.81. The molecular formula is C16H29N3. The Morgan fingerprint density at radius 2 is 1.95 bits per heavy atom. The molecule has 0 aromatic carbocycles. The van der Waals surface area contributed by atoms with E-state index >= 15 is 0 Å². The second-order valence-electron chi connectivity index (χ2n) is 5.70. The van der Waals surface area contributed by atoms with Gasteiger partial charge in [-0.3, -0.25) is 0 Å². The van der Waals surface area contributed by atoms with E-state index in [0.29, 0.717) is 12.0 Å². The summed E-state index contributed by atoms with van der Waals surface area (Å²) in [5.74, 6) is 1.71. The van der Waals surface area contributed by atoms with Gasteiger partial charge < -0.3 is 10.2 Å². The molecule has 1 rings (SSSR count). The van der Waals surface area contributed by atoms with E-state index in [2.05, 4.69) is 57.1 Å². The fourth-order valence-electron chi connectivity index (χ4n) is 2.16. The van der Waals surface area contributed by atoms with E-state index in [4.69, 9.17) is 4.98 Å². The van der Waals surface area contributed by atoms with Gasteiger partial charge in [-0.2, -0.15) is 0 Å². The van der Waals surface area contributed by atoms with Crippen molar-refractivity contribution in [2.45, 2.75) is 53.1 Å². The molecule has 0 saturated carbocycles. The highest BCUT2D eigenvalue weighted by atomic mass is 15.2. The number of aromatic nitrogens is 1. The molecule has 1 atom stereocenters. The molecule has 0 spiro atoms. The molecule has 3 heteroatoms. The van der Waals surface area contributed by atoms with Gasteiger partial charge >= 0.3 is 0 Å². The molecule has 1 aromatic rings. The summed E-state index contributed by atoms with van der Waals surface area (Å²) in [7, 11) is 4.13. The van der Waals surface area contributed by atoms with Gasteiger partial charge in [-0.15, -0.1) is 0 Å². The van der Waals surface area contributed by atoms with E-state index < -0.39 is 0 Å². The molecular weight excluding hydrogens is 234 g/mol. The van der Waals surface area contributed by atoms with Gasteiger partial charge in [-0.05, 0) is 44.0 Å². The summed E-state index contributed by atoms with van der Waals surface area (Å²) in [5, 5.41) is 3.23. The van der Waals surface area contributed by atoms with Gasteiger partial charge in [0.25, 0.3) is 0 Å². The van der Waals surface area contributed by atoms with Crippen LogP contribution < -0.4 is 10.2 Å². The minimum Gasteiger partial charge on any atom is -0.357 e. The van der Waals surface area contributed by atoms with Crippen LogP contribution in [0.2, 0.25) is 0 Å². The molecule has 0 aliphatic rings. The quantitative estimate of drug-likeness (QED) is 0.818. The topological polar surface area (TPSA) is 28.2 Å². The molecule has 0 saturated heterocycles. The lowest BCUT2D eigenvalue weighted by atomic mass is 10.0. The average Bonchev–Trinajstić information content (AvgIpc) is 2.37. The first-order valence-corrected chi connectivity index (χ1v) is 7.36. The van der Waals surface area contributed by atoms with Crippen molar-refractivity contribution in [3.8, 4) is 0 Å². The van der Waals surface area contributed by atoms with Crippen LogP contribution in [0.5, 0.6) is 0 Å². The van der Waals surface area contributed by atoms with Crippen LogP contribution in [-0.2, 0) is 13.0 Å². The van der Waals surface area contributed by atoms with Crippen LogP contribution in [0, 0.1) is 5.92 Å². The first-order chi connectivity index (χ1) is 8.99. The second-order valence-corrected chi connectivity index (χ2v) is 5.70. The van der Waals surface area contributed by atoms with Crippen molar-refractivity contribution in [3.63, 3.8) is 0 Å². The molecule has 1 N–H and O–H groups in total. The van der Waals surface area contributed by atoms with Crippen LogP contribution in [0.4, 0.5) is 5.82 Å². The molecule has 0 amide bonds. The lowest BCUT2D eigenvalue weighted by molar-refractivity contribution is 0.502. The van der Waals surface area contributed by atoms with Gasteiger partial charge in [-0.25, -0.2) is 4.98 Å². The maximum atomic E-state index is 4.81. The Labute approximate surface area is 118 Å². The van der Waals surface area contributed by atoms with Crippen molar-refractivity contribution in [2.75, 3.05) is 19.0 Å². The van der Waals surface area contributed by atoms with Crippen LogP contribution in [0.25, 0.3) is 0 Å². The summed E-state index contributed by atoms with van der Waals surface area (Å²) in [5.41, 5.74) is 2.52. The summed E-state index contributed by atoms with van der Waals surface area (Å²) in [4.78, 5) is 7.10. The number of hydrogen-bond donors (Lipinski definition) is 1. The summed E-state index contributed by atoms with van der Waals surface area (Å²) in [6.45, 7) is 9.87. The zero-order valence-corrected chi connectivity index (χ0v) is 13.3. The summed E-state index contributed by atoms with van der Waals surface area (Å²) in [6.07, 6.45) is 2.19. The minimum atomic E-state index is 0.492. The lowest BCUT2D eigenvalue weighted by Crippen LogP contribution is -2.34. The molecule has 1 heterocycles. The Morgan fingerprint density at radius 3 is 2.47 bits per heavy atom. The van der Waals surface area contributed by atoms with Crippen molar-refractivity contribution < 1.29 is 0 Å². The Balaban J connectivity index is 3.03. The molecule has 1 unspecified atom stereocenters. The first-order valence-electron chi connectivity index (χ1n) is 7.36. The fraction of sp³-hybridized carbons (Fsp3) is 0.688. The molecule has 3 nitrogen and oxygen atoms in total. The number of rotatable bonds is 7. The molecule has 19 heavy (non-hydrogen) atoms. The van der Waals surface area contributed by atoms with E-state index in [9.17, 15) is 0 Å². The highest BCUT2D eigenvalue weighted by Crippen LogP contribution is 2.20. The molecule has 0 fully saturated rings. The van der Waals surface area contributed by atoms with Crippen molar-refractivity contribution >= 4 is 5.82 Å². The summed E-state index contributed by atoms with van der Waals surface area (Å²) < 4.78 is 0. The van der Waals surface area contributed by atoms with Gasteiger partial charge in [0.1, 0.15) is 5.82 Å². The third-order valence-electron chi connectivity index (χ3n) is 3.75. The van der Waals surface area contributed by atoms with Gasteiger partial charge in [-0.1, -0.05) is 27.2 Å². The van der Waals surface area contributed by atoms with Crippen LogP contribution >= 0.6 is 0 Å². The van der Waals surface area contributed by atoms with Crippen LogP contribution in [0.3, 0.4) is 0 Å². The monoisotopic (exact) mass is 263 g/mol. The predicted molar refractivity (Wildman–Crippen MR) is 83.7 cm³/mol. The molecule has 108 valence electrons. The minimum absolute atomic E-state index is 0.492. The van der Waals surface area contributed by atoms with Crippen molar-refractivity contribution in [1.82, 2.24) is 10.3 Å². The van der Waals surface area contributed by atoms with E-state index in [1.165, 1.54) is 11.3 Å². The van der Waals surface area contributed by atoms with Crippen molar-refractivity contribution in [1.29, 1.82) is 0 Å². The SMILES string of the molecule is CCCc1cc(CNC)cc(N(C)C(C)C(C)C)n1. The van der Waals surface area contributed by atoms with Crippen molar-refractivity contribution in [3.05, 3.63) is 23.4 Å². The molecule has 0 aliphatic carbocycles. The molecule has 0 aliphatic heterocycles. The number of nitrogens with one attached hydrogen (secondary N) is 1. The zero-order valence-electron chi connectivity index (χ0n) is 13.3. The first kappa shape index (κ1) is 16.0. The summed E-state index contributed by atoms with van der Waals surface area (Å²) >= 11 is 0. The fourth-order valence-corrected chi connectivity index (χ4v) is 2.16. The van der Waals surface area contributed by atoms with Gasteiger partial charge in [0.05, 0.1) is 0 Å². The van der Waals surface area contributed by atoms with Crippen LogP contribution in [0.1, 0.15) is 45.4 Å². The van der Waals surface area contributed by atoms with E-state index in [1.54, 1.807) is 0 Å². The van der Waals surface area contributed by atoms with Crippen LogP contribution in [0.15, 0.2) is 12.1 Å². The Kier molecular flexibility index (Phi) is 6.29. The Morgan fingerprint density at radius 1 is 1.26 bits per heavy atom. The van der Waals surface area contributed by atoms with Crippen molar-refractivity contribution in [2.24, 2.45) is 5.92 Å². The molecule has 1 aromatic heterocycles.